The molecule has 0 bridgehead atoms. The maximum absolute atomic E-state index is 13.2. The molecule has 0 radical (unpaired) electrons. The molecule has 1 atom stereocenters. The number of ether oxygens (including phenoxy) is 4. The minimum absolute atomic E-state index is 0.0608. The lowest BCUT2D eigenvalue weighted by molar-refractivity contribution is -0.121. The lowest BCUT2D eigenvalue weighted by Gasteiger charge is -2.19. The van der Waals surface area contributed by atoms with E-state index in [9.17, 15) is 4.79 Å². The van der Waals surface area contributed by atoms with Gasteiger partial charge in [-0.25, -0.2) is 4.98 Å². The highest BCUT2D eigenvalue weighted by Crippen LogP contribution is 2.34. The van der Waals surface area contributed by atoms with Crippen LogP contribution in [-0.4, -0.2) is 50.3 Å². The Balaban J connectivity index is 1.56. The molecule has 2 aromatic carbocycles. The van der Waals surface area contributed by atoms with Gasteiger partial charge in [-0.05, 0) is 66.4 Å². The van der Waals surface area contributed by atoms with Gasteiger partial charge >= 0.3 is 0 Å². The van der Waals surface area contributed by atoms with Crippen molar-refractivity contribution in [2.75, 3.05) is 35.0 Å². The Morgan fingerprint density at radius 1 is 0.919 bits per heavy atom. The van der Waals surface area contributed by atoms with Gasteiger partial charge in [-0.15, -0.1) is 0 Å². The van der Waals surface area contributed by atoms with Gasteiger partial charge in [0.05, 0.1) is 34.1 Å². The van der Waals surface area contributed by atoms with Crippen molar-refractivity contribution in [2.45, 2.75) is 25.7 Å². The number of methoxy groups -OCH3 is 4. The number of fused-ring (bicyclic) bond motifs is 1. The van der Waals surface area contributed by atoms with E-state index in [1.54, 1.807) is 28.4 Å². The van der Waals surface area contributed by atoms with E-state index >= 15 is 0 Å². The number of rotatable bonds is 11. The van der Waals surface area contributed by atoms with E-state index in [2.05, 4.69) is 10.3 Å². The van der Waals surface area contributed by atoms with E-state index < -0.39 is 0 Å². The van der Waals surface area contributed by atoms with Crippen molar-refractivity contribution >= 4 is 11.6 Å². The zero-order valence-electron chi connectivity index (χ0n) is 21.9. The Morgan fingerprint density at radius 3 is 2.32 bits per heavy atom. The summed E-state index contributed by atoms with van der Waals surface area (Å²) >= 11 is 0. The first-order chi connectivity index (χ1) is 17.9. The van der Waals surface area contributed by atoms with Crippen molar-refractivity contribution in [3.8, 4) is 23.0 Å². The number of pyridine rings is 1. The Kier molecular flexibility index (Phi) is 8.18. The summed E-state index contributed by atoms with van der Waals surface area (Å²) in [6.07, 6.45) is 4.73. The summed E-state index contributed by atoms with van der Waals surface area (Å²) < 4.78 is 23.7. The monoisotopic (exact) mass is 503 g/mol. The lowest BCUT2D eigenvalue weighted by atomic mass is 9.91. The average Bonchev–Trinajstić information content (AvgIpc) is 3.33. The summed E-state index contributed by atoms with van der Waals surface area (Å²) in [7, 11) is 6.45. The first-order valence-corrected chi connectivity index (χ1v) is 12.1. The van der Waals surface area contributed by atoms with Crippen LogP contribution in [0.15, 0.2) is 60.9 Å². The summed E-state index contributed by atoms with van der Waals surface area (Å²) in [5.74, 6) is 2.35. The molecule has 194 valence electrons. The highest BCUT2D eigenvalue weighted by atomic mass is 16.5. The van der Waals surface area contributed by atoms with Crippen LogP contribution in [0.5, 0.6) is 23.0 Å². The van der Waals surface area contributed by atoms with E-state index in [0.717, 1.165) is 28.0 Å². The topological polar surface area (TPSA) is 83.3 Å². The molecule has 1 unspecified atom stereocenters. The molecule has 37 heavy (non-hydrogen) atoms. The number of carbonyl (C=O) groups is 1. The molecule has 8 nitrogen and oxygen atoms in total. The second-order valence-corrected chi connectivity index (χ2v) is 8.81. The fraction of sp³-hybridized carbons (Fsp3) is 0.310. The van der Waals surface area contributed by atoms with Gasteiger partial charge in [0.2, 0.25) is 5.91 Å². The Labute approximate surface area is 217 Å². The summed E-state index contributed by atoms with van der Waals surface area (Å²) in [6, 6.07) is 15.5. The molecule has 4 aromatic rings. The molecule has 2 heterocycles. The number of carbonyl (C=O) groups excluding carboxylic acids is 1. The number of hydrogen-bond acceptors (Lipinski definition) is 6. The number of aryl methyl sites for hydroxylation is 1. The molecule has 0 aliphatic heterocycles. The fourth-order valence-electron chi connectivity index (χ4n) is 4.42. The molecule has 0 fully saturated rings. The van der Waals surface area contributed by atoms with Crippen LogP contribution in [0.4, 0.5) is 0 Å². The predicted octanol–water partition coefficient (Wildman–Crippen LogP) is 4.56. The molecule has 0 aliphatic rings. The van der Waals surface area contributed by atoms with E-state index in [1.165, 1.54) is 0 Å². The Hall–Kier alpha value is -4.20. The number of nitrogens with one attached hydrogen (secondary N) is 1. The van der Waals surface area contributed by atoms with Gasteiger partial charge in [-0.1, -0.05) is 6.07 Å². The maximum atomic E-state index is 13.2. The van der Waals surface area contributed by atoms with Gasteiger partial charge in [0.1, 0.15) is 17.1 Å². The molecule has 8 heteroatoms. The van der Waals surface area contributed by atoms with Crippen LogP contribution < -0.4 is 24.3 Å². The summed E-state index contributed by atoms with van der Waals surface area (Å²) in [5.41, 5.74) is 4.83. The number of benzene rings is 2. The zero-order chi connectivity index (χ0) is 26.4. The Morgan fingerprint density at radius 2 is 1.65 bits per heavy atom. The molecule has 1 amide bonds. The lowest BCUT2D eigenvalue weighted by Crippen LogP contribution is -2.27. The normalized spacial score (nSPS) is 11.7. The molecule has 1 N–H and O–H groups in total. The molecule has 2 aromatic heterocycles. The zero-order valence-corrected chi connectivity index (χ0v) is 21.9. The van der Waals surface area contributed by atoms with E-state index in [0.29, 0.717) is 36.0 Å². The van der Waals surface area contributed by atoms with Gasteiger partial charge < -0.3 is 28.7 Å². The van der Waals surface area contributed by atoms with Crippen molar-refractivity contribution in [1.82, 2.24) is 14.7 Å². The van der Waals surface area contributed by atoms with Gasteiger partial charge in [0.15, 0.2) is 11.5 Å². The van der Waals surface area contributed by atoms with E-state index in [4.69, 9.17) is 18.9 Å². The van der Waals surface area contributed by atoms with Gasteiger partial charge in [-0.3, -0.25) is 4.79 Å². The third-order valence-electron chi connectivity index (χ3n) is 6.40. The van der Waals surface area contributed by atoms with Crippen LogP contribution in [0, 0.1) is 6.92 Å². The number of imidazole rings is 1. The largest absolute Gasteiger partial charge is 0.497 e. The van der Waals surface area contributed by atoms with Crippen LogP contribution in [0.25, 0.3) is 5.65 Å². The minimum Gasteiger partial charge on any atom is -0.497 e. The quantitative estimate of drug-likeness (QED) is 0.323. The number of aromatic nitrogens is 2. The van der Waals surface area contributed by atoms with Gasteiger partial charge in [-0.2, -0.15) is 0 Å². The highest BCUT2D eigenvalue weighted by molar-refractivity contribution is 5.77. The second kappa shape index (κ2) is 11.7. The van der Waals surface area contributed by atoms with Crippen molar-refractivity contribution in [1.29, 1.82) is 0 Å². The van der Waals surface area contributed by atoms with E-state index in [1.807, 2.05) is 72.2 Å². The van der Waals surface area contributed by atoms with Crippen molar-refractivity contribution in [3.05, 3.63) is 83.3 Å². The molecular weight excluding hydrogens is 470 g/mol. The molecular formula is C29H33N3O5. The average molecular weight is 504 g/mol. The van der Waals surface area contributed by atoms with Crippen LogP contribution in [0.3, 0.4) is 0 Å². The van der Waals surface area contributed by atoms with Crippen molar-refractivity contribution < 1.29 is 23.7 Å². The second-order valence-electron chi connectivity index (χ2n) is 8.81. The summed E-state index contributed by atoms with van der Waals surface area (Å²) in [5, 5.41) is 3.07. The van der Waals surface area contributed by atoms with Crippen LogP contribution in [0.1, 0.15) is 34.7 Å². The third-order valence-corrected chi connectivity index (χ3v) is 6.40. The molecule has 0 saturated carbocycles. The third kappa shape index (κ3) is 5.97. The van der Waals surface area contributed by atoms with Crippen molar-refractivity contribution in [3.63, 3.8) is 0 Å². The highest BCUT2D eigenvalue weighted by Gasteiger charge is 2.23. The Bertz CT molecular complexity index is 1360. The number of amides is 1. The fourth-order valence-corrected chi connectivity index (χ4v) is 4.42. The standard InChI is InChI=1S/C29H33N3O5/c1-19-9-11-32-25(18-31-28(32)12-19)24(21-14-22(34-2)16-23(15-21)35-3)17-29(33)30-10-8-20-6-7-26(36-4)27(13-20)37-5/h6-7,9,11-16,18,24H,8,10,17H2,1-5H3,(H,30,33). The molecule has 4 rings (SSSR count). The van der Waals surface area contributed by atoms with Gasteiger partial charge in [0, 0.05) is 37.3 Å². The van der Waals surface area contributed by atoms with Crippen LogP contribution in [-0.2, 0) is 11.2 Å². The molecule has 0 aliphatic carbocycles. The predicted molar refractivity (Wildman–Crippen MR) is 142 cm³/mol. The molecule has 0 spiro atoms. The summed E-state index contributed by atoms with van der Waals surface area (Å²) in [6.45, 7) is 2.53. The van der Waals surface area contributed by atoms with Gasteiger partial charge in [0.25, 0.3) is 0 Å². The maximum Gasteiger partial charge on any atom is 0.221 e. The van der Waals surface area contributed by atoms with Crippen molar-refractivity contribution in [2.24, 2.45) is 0 Å². The van der Waals surface area contributed by atoms with Crippen LogP contribution >= 0.6 is 0 Å². The van der Waals surface area contributed by atoms with E-state index in [-0.39, 0.29) is 18.2 Å². The first kappa shape index (κ1) is 25.9. The SMILES string of the molecule is COc1cc(OC)cc(C(CC(=O)NCCc2ccc(OC)c(OC)c2)c2cnc3cc(C)ccn23)c1. The number of nitrogens with zero attached hydrogens (tertiary/aromatic N) is 2. The minimum atomic E-state index is -0.261. The van der Waals surface area contributed by atoms with Crippen LogP contribution in [0.2, 0.25) is 0 Å². The first-order valence-electron chi connectivity index (χ1n) is 12.1. The summed E-state index contributed by atoms with van der Waals surface area (Å²) in [4.78, 5) is 17.8. The molecule has 0 saturated heterocycles. The smallest absolute Gasteiger partial charge is 0.221 e. The number of hydrogen-bond donors (Lipinski definition) is 1.